The van der Waals surface area contributed by atoms with Crippen LogP contribution in [-0.4, -0.2) is 11.0 Å². The maximum Gasteiger partial charge on any atom is 0.321 e. The van der Waals surface area contributed by atoms with E-state index in [9.17, 15) is 4.79 Å². The molecule has 0 bridgehead atoms. The number of nitrogens with zero attached hydrogens (tertiary/aromatic N) is 1. The van der Waals surface area contributed by atoms with Crippen molar-refractivity contribution in [2.24, 2.45) is 0 Å². The number of carbonyl (C=O) groups is 1. The normalized spacial score (nSPS) is 13.4. The number of rotatable bonds is 5. The Hall–Kier alpha value is -2.92. The molecule has 0 saturated carbocycles. The number of carbonyl (C=O) groups excluding carboxylic acids is 1. The van der Waals surface area contributed by atoms with Crippen LogP contribution in [0.2, 0.25) is 0 Å². The Morgan fingerprint density at radius 2 is 1.87 bits per heavy atom. The molecule has 5 heteroatoms. The summed E-state index contributed by atoms with van der Waals surface area (Å²) in [6.07, 6.45) is 4.85. The number of hydrogen-bond acceptors (Lipinski definition) is 3. The summed E-state index contributed by atoms with van der Waals surface area (Å²) in [5.41, 5.74) is 7.47. The van der Waals surface area contributed by atoms with Crippen LogP contribution in [0.5, 0.6) is 0 Å². The van der Waals surface area contributed by atoms with E-state index in [-0.39, 0.29) is 6.03 Å². The van der Waals surface area contributed by atoms with Gasteiger partial charge in [0.1, 0.15) is 0 Å². The summed E-state index contributed by atoms with van der Waals surface area (Å²) in [4.78, 5) is 17.3. The number of hydrogen-bond donors (Lipinski definition) is 2. The fourth-order valence-electron chi connectivity index (χ4n) is 4.01. The number of amides is 2. The summed E-state index contributed by atoms with van der Waals surface area (Å²) in [6, 6.07) is 14.5. The molecule has 0 saturated heterocycles. The molecule has 31 heavy (non-hydrogen) atoms. The number of benzene rings is 2. The van der Waals surface area contributed by atoms with Gasteiger partial charge in [0.05, 0.1) is 11.2 Å². The molecule has 1 aliphatic rings. The minimum atomic E-state index is -0.534. The van der Waals surface area contributed by atoms with Crippen molar-refractivity contribution in [3.8, 4) is 11.3 Å². The minimum absolute atomic E-state index is 0.267. The van der Waals surface area contributed by atoms with Gasteiger partial charge in [0.2, 0.25) is 0 Å². The van der Waals surface area contributed by atoms with Gasteiger partial charge in [-0.3, -0.25) is 5.32 Å². The van der Waals surface area contributed by atoms with Gasteiger partial charge in [0.15, 0.2) is 5.13 Å². The molecular formula is C26H29N3OS. The van der Waals surface area contributed by atoms with E-state index in [1.807, 2.05) is 44.4 Å². The van der Waals surface area contributed by atoms with Crippen molar-refractivity contribution < 1.29 is 4.79 Å². The predicted molar refractivity (Wildman–Crippen MR) is 131 cm³/mol. The van der Waals surface area contributed by atoms with Crippen molar-refractivity contribution in [3.63, 3.8) is 0 Å². The molecule has 0 radical (unpaired) electrons. The molecular weight excluding hydrogens is 402 g/mol. The summed E-state index contributed by atoms with van der Waals surface area (Å²) in [7, 11) is 0. The third kappa shape index (κ3) is 4.88. The second kappa shape index (κ2) is 8.67. The van der Waals surface area contributed by atoms with E-state index in [2.05, 4.69) is 46.5 Å². The lowest BCUT2D eigenvalue weighted by Gasteiger charge is -2.27. The third-order valence-corrected chi connectivity index (χ3v) is 6.63. The molecule has 160 valence electrons. The highest BCUT2D eigenvalue weighted by Gasteiger charge is 2.24. The summed E-state index contributed by atoms with van der Waals surface area (Å²) in [5, 5.41) is 8.56. The number of fused-ring (bicyclic) bond motifs is 1. The van der Waals surface area contributed by atoms with Crippen LogP contribution in [0, 0.1) is 0 Å². The Labute approximate surface area is 188 Å². The maximum absolute atomic E-state index is 12.7. The van der Waals surface area contributed by atoms with Crippen LogP contribution in [0.3, 0.4) is 0 Å². The zero-order valence-corrected chi connectivity index (χ0v) is 19.2. The molecule has 0 unspecified atom stereocenters. The standard InChI is InChI=1S/C26H29N3OS/c1-17(2)19-10-7-11-22(15-19)26(3,4)29-24(30)28-25-27-23(16-31-25)21-13-12-18-8-5-6-9-20(18)14-21/h7,10-16H,1,5-6,8-9H2,2-4H3,(H2,27,28,29,30). The lowest BCUT2D eigenvalue weighted by molar-refractivity contribution is 0.242. The quantitative estimate of drug-likeness (QED) is 0.468. The Balaban J connectivity index is 1.44. The van der Waals surface area contributed by atoms with E-state index >= 15 is 0 Å². The summed E-state index contributed by atoms with van der Waals surface area (Å²) < 4.78 is 0. The number of thiazole rings is 1. The molecule has 3 aromatic rings. The largest absolute Gasteiger partial charge is 0.329 e. The first kappa shape index (κ1) is 21.3. The topological polar surface area (TPSA) is 54.0 Å². The molecule has 2 amide bonds. The lowest BCUT2D eigenvalue weighted by atomic mass is 9.90. The van der Waals surface area contributed by atoms with Crippen LogP contribution in [0.4, 0.5) is 9.93 Å². The van der Waals surface area contributed by atoms with Crippen LogP contribution < -0.4 is 10.6 Å². The SMILES string of the molecule is C=C(C)c1cccc(C(C)(C)NC(=O)Nc2nc(-c3ccc4c(c3)CCCC4)cs2)c1. The first-order valence-electron chi connectivity index (χ1n) is 10.7. The fourth-order valence-corrected chi connectivity index (χ4v) is 4.73. The number of anilines is 1. The molecule has 4 rings (SSSR count). The van der Waals surface area contributed by atoms with E-state index in [4.69, 9.17) is 0 Å². The second-order valence-electron chi connectivity index (χ2n) is 8.79. The molecule has 1 aliphatic carbocycles. The monoisotopic (exact) mass is 431 g/mol. The van der Waals surface area contributed by atoms with E-state index in [0.717, 1.165) is 34.4 Å². The fraction of sp³-hybridized carbons (Fsp3) is 0.308. The second-order valence-corrected chi connectivity index (χ2v) is 9.65. The van der Waals surface area contributed by atoms with Crippen molar-refractivity contribution in [3.05, 3.63) is 76.7 Å². The Morgan fingerprint density at radius 1 is 1.10 bits per heavy atom. The van der Waals surface area contributed by atoms with Gasteiger partial charge in [0.25, 0.3) is 0 Å². The van der Waals surface area contributed by atoms with Crippen molar-refractivity contribution in [1.29, 1.82) is 0 Å². The van der Waals surface area contributed by atoms with Gasteiger partial charge in [-0.25, -0.2) is 9.78 Å². The summed E-state index contributed by atoms with van der Waals surface area (Å²) >= 11 is 1.44. The van der Waals surface area contributed by atoms with E-state index in [1.165, 1.54) is 41.7 Å². The zero-order chi connectivity index (χ0) is 22.0. The molecule has 0 atom stereocenters. The number of nitrogens with one attached hydrogen (secondary N) is 2. The highest BCUT2D eigenvalue weighted by atomic mass is 32.1. The number of urea groups is 1. The molecule has 0 spiro atoms. The molecule has 2 aromatic carbocycles. The van der Waals surface area contributed by atoms with E-state index in [1.54, 1.807) is 0 Å². The highest BCUT2D eigenvalue weighted by molar-refractivity contribution is 7.14. The minimum Gasteiger partial charge on any atom is -0.329 e. The van der Waals surface area contributed by atoms with Crippen LogP contribution in [0.25, 0.3) is 16.8 Å². The van der Waals surface area contributed by atoms with Crippen molar-refractivity contribution >= 4 is 28.1 Å². The van der Waals surface area contributed by atoms with Crippen molar-refractivity contribution in [2.45, 2.75) is 52.0 Å². The summed E-state index contributed by atoms with van der Waals surface area (Å²) in [6.45, 7) is 9.97. The van der Waals surface area contributed by atoms with Crippen LogP contribution in [0.15, 0.2) is 54.4 Å². The number of aryl methyl sites for hydroxylation is 2. The zero-order valence-electron chi connectivity index (χ0n) is 18.4. The van der Waals surface area contributed by atoms with Gasteiger partial charge in [-0.1, -0.05) is 42.5 Å². The van der Waals surface area contributed by atoms with E-state index < -0.39 is 5.54 Å². The lowest BCUT2D eigenvalue weighted by Crippen LogP contribution is -2.43. The van der Waals surface area contributed by atoms with Gasteiger partial charge in [-0.05, 0) is 80.8 Å². The first-order chi connectivity index (χ1) is 14.8. The molecule has 0 aliphatic heterocycles. The van der Waals surface area contributed by atoms with Crippen molar-refractivity contribution in [2.75, 3.05) is 5.32 Å². The van der Waals surface area contributed by atoms with Crippen LogP contribution >= 0.6 is 11.3 Å². The average molecular weight is 432 g/mol. The molecule has 1 aromatic heterocycles. The Kier molecular flexibility index (Phi) is 5.96. The van der Waals surface area contributed by atoms with E-state index in [0.29, 0.717) is 5.13 Å². The highest BCUT2D eigenvalue weighted by Crippen LogP contribution is 2.30. The van der Waals surface area contributed by atoms with Gasteiger partial charge >= 0.3 is 6.03 Å². The number of aromatic nitrogens is 1. The van der Waals surface area contributed by atoms with Gasteiger partial charge < -0.3 is 5.32 Å². The predicted octanol–water partition coefficient (Wildman–Crippen LogP) is 6.78. The Morgan fingerprint density at radius 3 is 2.65 bits per heavy atom. The van der Waals surface area contributed by atoms with Gasteiger partial charge in [-0.15, -0.1) is 11.3 Å². The smallest absolute Gasteiger partial charge is 0.321 e. The third-order valence-electron chi connectivity index (χ3n) is 5.87. The average Bonchev–Trinajstić information content (AvgIpc) is 3.21. The molecule has 1 heterocycles. The van der Waals surface area contributed by atoms with Gasteiger partial charge in [0, 0.05) is 10.9 Å². The van der Waals surface area contributed by atoms with Crippen LogP contribution in [0.1, 0.15) is 55.9 Å². The van der Waals surface area contributed by atoms with Gasteiger partial charge in [-0.2, -0.15) is 0 Å². The van der Waals surface area contributed by atoms with Crippen LogP contribution in [-0.2, 0) is 18.4 Å². The first-order valence-corrected chi connectivity index (χ1v) is 11.6. The summed E-state index contributed by atoms with van der Waals surface area (Å²) in [5.74, 6) is 0. The molecule has 0 fully saturated rings. The maximum atomic E-state index is 12.7. The van der Waals surface area contributed by atoms with Crippen molar-refractivity contribution in [1.82, 2.24) is 10.3 Å². The molecule has 2 N–H and O–H groups in total. The number of allylic oxidation sites excluding steroid dienone is 1. The molecule has 4 nitrogen and oxygen atoms in total. The Bertz CT molecular complexity index is 1130.